The van der Waals surface area contributed by atoms with Gasteiger partial charge in [0.25, 0.3) is 0 Å². The van der Waals surface area contributed by atoms with Crippen molar-refractivity contribution in [3.8, 4) is 11.5 Å². The molecular formula is C17H23N3O4. The average molecular weight is 333 g/mol. The van der Waals surface area contributed by atoms with Crippen LogP contribution in [-0.2, 0) is 6.54 Å². The second kappa shape index (κ2) is 7.72. The first-order chi connectivity index (χ1) is 11.4. The summed E-state index contributed by atoms with van der Waals surface area (Å²) < 4.78 is 15.5. The Balaban J connectivity index is 2.00. The first-order valence-electron chi connectivity index (χ1n) is 7.60. The van der Waals surface area contributed by atoms with Gasteiger partial charge in [0.05, 0.1) is 26.8 Å². The van der Waals surface area contributed by atoms with Crippen molar-refractivity contribution in [2.45, 2.75) is 26.4 Å². The fraction of sp³-hybridized carbons (Fsp3) is 0.412. The second-order valence-corrected chi connectivity index (χ2v) is 5.57. The molecule has 130 valence electrons. The van der Waals surface area contributed by atoms with Crippen molar-refractivity contribution in [3.05, 3.63) is 41.3 Å². The molecular weight excluding hydrogens is 310 g/mol. The number of methoxy groups -OCH3 is 2. The zero-order valence-electron chi connectivity index (χ0n) is 14.6. The molecule has 0 aliphatic carbocycles. The predicted octanol–water partition coefficient (Wildman–Crippen LogP) is 2.90. The third-order valence-electron chi connectivity index (χ3n) is 3.67. The third kappa shape index (κ3) is 4.18. The molecule has 0 fully saturated rings. The smallest absolute Gasteiger partial charge is 0.317 e. The van der Waals surface area contributed by atoms with Crippen LogP contribution in [0.15, 0.2) is 28.8 Å². The summed E-state index contributed by atoms with van der Waals surface area (Å²) >= 11 is 0. The van der Waals surface area contributed by atoms with Crippen molar-refractivity contribution < 1.29 is 18.8 Å². The van der Waals surface area contributed by atoms with Crippen LogP contribution in [0.1, 0.15) is 30.0 Å². The predicted molar refractivity (Wildman–Crippen MR) is 89.2 cm³/mol. The van der Waals surface area contributed by atoms with E-state index < -0.39 is 0 Å². The van der Waals surface area contributed by atoms with Gasteiger partial charge in [-0.05, 0) is 31.5 Å². The number of ether oxygens (including phenoxy) is 2. The van der Waals surface area contributed by atoms with Crippen molar-refractivity contribution in [3.63, 3.8) is 0 Å². The summed E-state index contributed by atoms with van der Waals surface area (Å²) in [5, 5.41) is 6.83. The van der Waals surface area contributed by atoms with E-state index in [9.17, 15) is 4.79 Å². The summed E-state index contributed by atoms with van der Waals surface area (Å²) in [7, 11) is 4.88. The van der Waals surface area contributed by atoms with Crippen LogP contribution in [0.25, 0.3) is 0 Å². The van der Waals surface area contributed by atoms with E-state index in [4.69, 9.17) is 14.0 Å². The van der Waals surface area contributed by atoms with Gasteiger partial charge in [0, 0.05) is 13.1 Å². The van der Waals surface area contributed by atoms with Crippen LogP contribution in [0, 0.1) is 6.92 Å². The van der Waals surface area contributed by atoms with E-state index in [1.165, 1.54) is 0 Å². The highest BCUT2D eigenvalue weighted by Crippen LogP contribution is 2.29. The number of amides is 2. The lowest BCUT2D eigenvalue weighted by Crippen LogP contribution is -2.38. The van der Waals surface area contributed by atoms with Crippen LogP contribution in [0.2, 0.25) is 0 Å². The van der Waals surface area contributed by atoms with Crippen molar-refractivity contribution in [2.75, 3.05) is 21.3 Å². The lowest BCUT2D eigenvalue weighted by Gasteiger charge is -2.21. The molecule has 0 bridgehead atoms. The van der Waals surface area contributed by atoms with E-state index in [0.29, 0.717) is 23.7 Å². The van der Waals surface area contributed by atoms with Crippen LogP contribution >= 0.6 is 0 Å². The summed E-state index contributed by atoms with van der Waals surface area (Å²) in [5.74, 6) is 2.00. The van der Waals surface area contributed by atoms with Gasteiger partial charge in [-0.1, -0.05) is 11.2 Å². The van der Waals surface area contributed by atoms with Crippen molar-refractivity contribution in [1.82, 2.24) is 15.4 Å². The summed E-state index contributed by atoms with van der Waals surface area (Å²) in [6, 6.07) is 7.00. The normalized spacial score (nSPS) is 11.7. The van der Waals surface area contributed by atoms with E-state index in [1.54, 1.807) is 26.2 Å². The molecule has 0 aliphatic heterocycles. The molecule has 1 aromatic heterocycles. The number of benzene rings is 1. The van der Waals surface area contributed by atoms with Gasteiger partial charge >= 0.3 is 6.03 Å². The number of urea groups is 1. The fourth-order valence-electron chi connectivity index (χ4n) is 2.31. The molecule has 7 heteroatoms. The Morgan fingerprint density at radius 1 is 1.29 bits per heavy atom. The van der Waals surface area contributed by atoms with Crippen LogP contribution in [0.3, 0.4) is 0 Å². The largest absolute Gasteiger partial charge is 0.493 e. The van der Waals surface area contributed by atoms with Gasteiger partial charge < -0.3 is 24.2 Å². The molecule has 0 saturated carbocycles. The SMILES string of the molecule is COc1ccc([C@@H](C)NC(=O)N(C)Cc2cc(C)on2)cc1OC. The van der Waals surface area contributed by atoms with Crippen LogP contribution in [-0.4, -0.2) is 37.4 Å². The Bertz CT molecular complexity index is 699. The monoisotopic (exact) mass is 333 g/mol. The molecule has 0 saturated heterocycles. The number of rotatable bonds is 6. The van der Waals surface area contributed by atoms with E-state index >= 15 is 0 Å². The molecule has 0 aliphatic rings. The zero-order chi connectivity index (χ0) is 17.7. The topological polar surface area (TPSA) is 76.8 Å². The van der Waals surface area contributed by atoms with Gasteiger partial charge in [-0.15, -0.1) is 0 Å². The van der Waals surface area contributed by atoms with E-state index in [0.717, 1.165) is 11.3 Å². The maximum absolute atomic E-state index is 12.3. The van der Waals surface area contributed by atoms with Gasteiger partial charge in [0.1, 0.15) is 11.5 Å². The number of aryl methyl sites for hydroxylation is 1. The lowest BCUT2D eigenvalue weighted by molar-refractivity contribution is 0.202. The number of nitrogens with zero attached hydrogens (tertiary/aromatic N) is 2. The minimum Gasteiger partial charge on any atom is -0.493 e. The molecule has 7 nitrogen and oxygen atoms in total. The second-order valence-electron chi connectivity index (χ2n) is 5.57. The van der Waals surface area contributed by atoms with E-state index in [-0.39, 0.29) is 12.1 Å². The quantitative estimate of drug-likeness (QED) is 0.879. The highest BCUT2D eigenvalue weighted by molar-refractivity contribution is 5.74. The fourth-order valence-corrected chi connectivity index (χ4v) is 2.31. The molecule has 24 heavy (non-hydrogen) atoms. The van der Waals surface area contributed by atoms with E-state index in [2.05, 4.69) is 10.5 Å². The summed E-state index contributed by atoms with van der Waals surface area (Å²) in [6.07, 6.45) is 0. The Kier molecular flexibility index (Phi) is 5.68. The molecule has 2 rings (SSSR count). The maximum atomic E-state index is 12.3. The van der Waals surface area contributed by atoms with Gasteiger partial charge in [-0.2, -0.15) is 0 Å². The van der Waals surface area contributed by atoms with Gasteiger partial charge in [-0.3, -0.25) is 0 Å². The van der Waals surface area contributed by atoms with Crippen molar-refractivity contribution >= 4 is 6.03 Å². The molecule has 1 atom stereocenters. The number of carbonyl (C=O) groups excluding carboxylic acids is 1. The Morgan fingerprint density at radius 3 is 2.58 bits per heavy atom. The minimum atomic E-state index is -0.196. The number of carbonyl (C=O) groups is 1. The van der Waals surface area contributed by atoms with Gasteiger partial charge in [0.15, 0.2) is 11.5 Å². The summed E-state index contributed by atoms with van der Waals surface area (Å²) in [4.78, 5) is 13.9. The molecule has 1 heterocycles. The van der Waals surface area contributed by atoms with Gasteiger partial charge in [-0.25, -0.2) is 4.79 Å². The summed E-state index contributed by atoms with van der Waals surface area (Å²) in [6.45, 7) is 4.10. The first kappa shape index (κ1) is 17.7. The molecule has 1 N–H and O–H groups in total. The van der Waals surface area contributed by atoms with Crippen LogP contribution < -0.4 is 14.8 Å². The minimum absolute atomic E-state index is 0.182. The molecule has 2 amide bonds. The Hall–Kier alpha value is -2.70. The number of aromatic nitrogens is 1. The Labute approximate surface area is 141 Å². The third-order valence-corrected chi connectivity index (χ3v) is 3.67. The average Bonchev–Trinajstić information content (AvgIpc) is 2.98. The van der Waals surface area contributed by atoms with E-state index in [1.807, 2.05) is 38.1 Å². The highest BCUT2D eigenvalue weighted by Gasteiger charge is 2.16. The lowest BCUT2D eigenvalue weighted by atomic mass is 10.1. The molecule has 0 unspecified atom stereocenters. The van der Waals surface area contributed by atoms with Crippen LogP contribution in [0.5, 0.6) is 11.5 Å². The highest BCUT2D eigenvalue weighted by atomic mass is 16.5. The summed E-state index contributed by atoms with van der Waals surface area (Å²) in [5.41, 5.74) is 1.63. The van der Waals surface area contributed by atoms with Gasteiger partial charge in [0.2, 0.25) is 0 Å². The standard InChI is InChI=1S/C17H23N3O4/c1-11-8-14(19-24-11)10-20(3)17(21)18-12(2)13-6-7-15(22-4)16(9-13)23-5/h6-9,12H,10H2,1-5H3,(H,18,21)/t12-/m1/s1. The van der Waals surface area contributed by atoms with Crippen molar-refractivity contribution in [2.24, 2.45) is 0 Å². The zero-order valence-corrected chi connectivity index (χ0v) is 14.6. The molecule has 0 spiro atoms. The van der Waals surface area contributed by atoms with Crippen LogP contribution in [0.4, 0.5) is 4.79 Å². The molecule has 1 aromatic carbocycles. The molecule has 0 radical (unpaired) electrons. The maximum Gasteiger partial charge on any atom is 0.317 e. The number of nitrogens with one attached hydrogen (secondary N) is 1. The number of hydrogen-bond acceptors (Lipinski definition) is 5. The number of hydrogen-bond donors (Lipinski definition) is 1. The van der Waals surface area contributed by atoms with Crippen molar-refractivity contribution in [1.29, 1.82) is 0 Å². The Morgan fingerprint density at radius 2 is 2.00 bits per heavy atom. The first-order valence-corrected chi connectivity index (χ1v) is 7.60. The molecule has 2 aromatic rings.